The number of para-hydroxylation sites is 8. The number of hydrogen-bond donors (Lipinski definition) is 0. The quantitative estimate of drug-likeness (QED) is 0.135. The van der Waals surface area contributed by atoms with E-state index >= 15 is 0 Å². The van der Waals surface area contributed by atoms with Gasteiger partial charge in [0.05, 0.1) is 27.6 Å². The predicted octanol–water partition coefficient (Wildman–Crippen LogP) is 19.5. The van der Waals surface area contributed by atoms with E-state index in [0.29, 0.717) is 33.6 Å². The van der Waals surface area contributed by atoms with E-state index in [1.807, 2.05) is 0 Å². The van der Waals surface area contributed by atoms with E-state index < -0.39 is 0 Å². The Labute approximate surface area is 782 Å². The predicted molar refractivity (Wildman–Crippen MR) is 578 cm³/mol. The fourth-order valence-electron chi connectivity index (χ4n) is 27.5. The number of hydrogen-bond acceptors (Lipinski definition) is 0. The molecule has 0 spiro atoms. The van der Waals surface area contributed by atoms with Crippen molar-refractivity contribution in [3.8, 4) is 84.1 Å². The standard InChI is InChI=1S/5C25H16BN/c1-15-13-19-17-8-3-5-11-22(17)27-23-12-6-9-18-16-7-2-4-10-20(16)26(24(18)23)21(14-15)25(19)27;1-15-13-14-19-17-8-3-5-11-21(17)27-22-12-6-9-18-16-7-2-4-10-20(16)26(24(18)22)23(15)25(19)27;1-15-7-4-9-17-18-10-6-14-22-24(18)26(23(15)17)20-12-5-11-19-16-8-2-3-13-21(16)27(22)25(19)20;1-15-12-13-16-18-7-5-11-23-24(18)26(21(16)14-15)20-9-4-8-19-17-6-2-3-10-22(17)27(23)25(19)20;1-15-12-13-20-19(14-15)17-7-5-11-23-24(17)26(20)21-9-4-8-18-16-6-2-3-10-22(16)27(23)25(18)21/h5*2-14H,1H3. The zero-order valence-corrected chi connectivity index (χ0v) is 75.2. The van der Waals surface area contributed by atoms with Crippen LogP contribution in [0.15, 0.2) is 394 Å². The molecular formula is C125H80B5N5. The minimum atomic E-state index is 0.339. The molecule has 20 aromatic carbocycles. The number of aryl methyl sites for hydroxylation is 5. The normalized spacial score (nSPS) is 13.3. The van der Waals surface area contributed by atoms with Crippen LogP contribution in [-0.4, -0.2) is 56.4 Å². The van der Waals surface area contributed by atoms with Crippen molar-refractivity contribution in [2.75, 3.05) is 0 Å². The van der Waals surface area contributed by atoms with Crippen molar-refractivity contribution >= 4 is 225 Å². The molecule has 10 aliphatic heterocycles. The van der Waals surface area contributed by atoms with Crippen LogP contribution in [0.2, 0.25) is 0 Å². The summed E-state index contributed by atoms with van der Waals surface area (Å²) in [5.41, 5.74) is 62.8. The summed E-state index contributed by atoms with van der Waals surface area (Å²) in [5, 5.41) is 13.6. The number of rotatable bonds is 0. The summed E-state index contributed by atoms with van der Waals surface area (Å²) in [6.07, 6.45) is 0. The van der Waals surface area contributed by atoms with Crippen LogP contribution in [0.4, 0.5) is 0 Å². The molecule has 35 rings (SSSR count). The lowest BCUT2D eigenvalue weighted by Gasteiger charge is -2.26. The Morgan fingerprint density at radius 3 is 0.926 bits per heavy atom. The minimum Gasteiger partial charge on any atom is -0.310 e. The van der Waals surface area contributed by atoms with Crippen molar-refractivity contribution < 1.29 is 0 Å². The van der Waals surface area contributed by atoms with Gasteiger partial charge in [-0.15, -0.1) is 0 Å². The van der Waals surface area contributed by atoms with Crippen LogP contribution in [0.1, 0.15) is 27.8 Å². The van der Waals surface area contributed by atoms with E-state index in [-0.39, 0.29) is 0 Å². The molecular weight excluding hydrogens is 1630 g/mol. The third kappa shape index (κ3) is 9.58. The number of aromatic nitrogens is 5. The molecule has 5 nitrogen and oxygen atoms in total. The Hall–Kier alpha value is -16.3. The molecule has 0 atom stereocenters. The van der Waals surface area contributed by atoms with Gasteiger partial charge in [0, 0.05) is 110 Å². The maximum absolute atomic E-state index is 2.51. The highest BCUT2D eigenvalue weighted by atomic mass is 15.0. The van der Waals surface area contributed by atoms with Crippen molar-refractivity contribution in [2.24, 2.45) is 0 Å². The third-order valence-electron chi connectivity index (χ3n) is 32.5. The van der Waals surface area contributed by atoms with Gasteiger partial charge in [-0.2, -0.15) is 0 Å². The first kappa shape index (κ1) is 74.4. The third-order valence-corrected chi connectivity index (χ3v) is 32.5. The van der Waals surface area contributed by atoms with E-state index in [9.17, 15) is 0 Å². The fraction of sp³-hybridized carbons (Fsp3) is 0.0400. The number of nitrogens with zero attached hydrogens (tertiary/aromatic N) is 5. The van der Waals surface area contributed by atoms with E-state index in [2.05, 4.69) is 452 Å². The molecule has 0 aliphatic carbocycles. The Balaban J connectivity index is 0.0000000788. The summed E-state index contributed by atoms with van der Waals surface area (Å²) in [4.78, 5) is 0. The van der Waals surface area contributed by atoms with Crippen molar-refractivity contribution in [2.45, 2.75) is 34.6 Å². The van der Waals surface area contributed by atoms with E-state index in [0.717, 1.165) is 0 Å². The lowest BCUT2D eigenvalue weighted by molar-refractivity contribution is 1.19. The second-order valence-electron chi connectivity index (χ2n) is 39.2. The maximum atomic E-state index is 2.51. The van der Waals surface area contributed by atoms with Gasteiger partial charge in [-0.3, -0.25) is 0 Å². The molecule has 25 aromatic rings. The van der Waals surface area contributed by atoms with Crippen LogP contribution in [0, 0.1) is 34.6 Å². The first-order chi connectivity index (χ1) is 66.7. The Morgan fingerprint density at radius 2 is 0.437 bits per heavy atom. The fourth-order valence-corrected chi connectivity index (χ4v) is 27.5. The highest BCUT2D eigenvalue weighted by molar-refractivity contribution is 7.04. The summed E-state index contributed by atoms with van der Waals surface area (Å²) < 4.78 is 12.5. The Bertz CT molecular complexity index is 9760. The molecule has 135 heavy (non-hydrogen) atoms. The van der Waals surface area contributed by atoms with Crippen molar-refractivity contribution in [1.82, 2.24) is 22.8 Å². The van der Waals surface area contributed by atoms with Crippen LogP contribution in [0.5, 0.6) is 0 Å². The minimum absolute atomic E-state index is 0.339. The van der Waals surface area contributed by atoms with Crippen LogP contribution < -0.4 is 81.9 Å². The molecule has 0 N–H and O–H groups in total. The van der Waals surface area contributed by atoms with Crippen molar-refractivity contribution in [1.29, 1.82) is 0 Å². The van der Waals surface area contributed by atoms with Gasteiger partial charge in [-0.25, -0.2) is 0 Å². The zero-order valence-electron chi connectivity index (χ0n) is 75.2. The molecule has 10 aliphatic rings. The Kier molecular flexibility index (Phi) is 14.9. The molecule has 10 heteroatoms. The van der Waals surface area contributed by atoms with E-state index in [1.165, 1.54) is 303 Å². The smallest absolute Gasteiger partial charge is 0.248 e. The van der Waals surface area contributed by atoms with Crippen LogP contribution in [0.25, 0.3) is 193 Å². The van der Waals surface area contributed by atoms with E-state index in [1.54, 1.807) is 0 Å². The second kappa shape index (κ2) is 27.0. The van der Waals surface area contributed by atoms with Crippen molar-refractivity contribution in [3.05, 3.63) is 422 Å². The van der Waals surface area contributed by atoms with Gasteiger partial charge >= 0.3 is 0 Å². The summed E-state index contributed by atoms with van der Waals surface area (Å²) in [6.45, 7) is 12.8. The van der Waals surface area contributed by atoms with Crippen LogP contribution >= 0.6 is 0 Å². The molecule has 620 valence electrons. The molecule has 0 bridgehead atoms. The molecule has 0 saturated carbocycles. The van der Waals surface area contributed by atoms with Gasteiger partial charge in [0.2, 0.25) is 33.6 Å². The van der Waals surface area contributed by atoms with Crippen molar-refractivity contribution in [3.63, 3.8) is 0 Å². The lowest BCUT2D eigenvalue weighted by Crippen LogP contribution is -2.54. The first-order valence-electron chi connectivity index (χ1n) is 48.0. The highest BCUT2D eigenvalue weighted by Gasteiger charge is 2.48. The summed E-state index contributed by atoms with van der Waals surface area (Å²) in [6, 6.07) is 147. The molecule has 15 heterocycles. The van der Waals surface area contributed by atoms with Gasteiger partial charge < -0.3 is 22.8 Å². The monoisotopic (exact) mass is 1710 g/mol. The van der Waals surface area contributed by atoms with Crippen LogP contribution in [-0.2, 0) is 0 Å². The Morgan fingerprint density at radius 1 is 0.148 bits per heavy atom. The molecule has 0 fully saturated rings. The van der Waals surface area contributed by atoms with Gasteiger partial charge in [-0.05, 0) is 212 Å². The van der Waals surface area contributed by atoms with Gasteiger partial charge in [0.1, 0.15) is 0 Å². The average Bonchev–Trinajstić information content (AvgIpc) is 1.57. The lowest BCUT2D eigenvalue weighted by atomic mass is 9.37. The van der Waals surface area contributed by atoms with Gasteiger partial charge in [0.25, 0.3) is 0 Å². The van der Waals surface area contributed by atoms with Crippen LogP contribution in [0.3, 0.4) is 0 Å². The van der Waals surface area contributed by atoms with E-state index in [4.69, 9.17) is 0 Å². The molecule has 0 amide bonds. The zero-order chi connectivity index (χ0) is 88.5. The largest absolute Gasteiger partial charge is 0.310 e. The summed E-state index contributed by atoms with van der Waals surface area (Å²) in [5.74, 6) is 0. The SMILES string of the molecule is Cc1cc2c3c(c1)c1ccccc1n3-c1cccc3c1B2c1ccccc1-3.Cc1ccc2c(c1)-c1cccc3c1B2c1cccc2c4ccccc4n-3c12.Cc1ccc2c(c1)B1c3c-2cccc3-n2c3ccccc3c3cccc1c32.Cc1ccc2c3ccccc3n3c2c1B1c2ccccc2-c2cccc-3c21.Cc1cccc2c1B1c3c-2cccc3-n2c3ccccc3c3cccc1c32. The second-order valence-corrected chi connectivity index (χ2v) is 39.2. The maximum Gasteiger partial charge on any atom is 0.248 e. The first-order valence-corrected chi connectivity index (χ1v) is 48.0. The molecule has 0 unspecified atom stereocenters. The summed E-state index contributed by atoms with van der Waals surface area (Å²) >= 11 is 0. The molecule has 0 radical (unpaired) electrons. The van der Waals surface area contributed by atoms with Gasteiger partial charge in [-0.1, -0.05) is 383 Å². The average molecular weight is 1710 g/mol. The topological polar surface area (TPSA) is 24.6 Å². The number of benzene rings is 20. The van der Waals surface area contributed by atoms with Gasteiger partial charge in [0.15, 0.2) is 0 Å². The molecule has 5 aromatic heterocycles. The molecule has 0 saturated heterocycles. The number of fused-ring (bicyclic) bond motifs is 40. The highest BCUT2D eigenvalue weighted by Crippen LogP contribution is 2.45. The summed E-state index contributed by atoms with van der Waals surface area (Å²) in [7, 11) is 0.